The number of hydrogen-bond acceptors (Lipinski definition) is 7. The molecule has 0 aliphatic heterocycles. The summed E-state index contributed by atoms with van der Waals surface area (Å²) in [5.41, 5.74) is 0.0906. The van der Waals surface area contributed by atoms with E-state index in [2.05, 4.69) is 4.98 Å². The van der Waals surface area contributed by atoms with Gasteiger partial charge in [-0.1, -0.05) is 34.5 Å². The van der Waals surface area contributed by atoms with Crippen LogP contribution in [0.25, 0.3) is 10.2 Å². The van der Waals surface area contributed by atoms with Crippen molar-refractivity contribution in [1.29, 1.82) is 0 Å². The van der Waals surface area contributed by atoms with Gasteiger partial charge in [0.2, 0.25) is 0 Å². The second kappa shape index (κ2) is 10.4. The third kappa shape index (κ3) is 5.36. The van der Waals surface area contributed by atoms with Gasteiger partial charge in [0.1, 0.15) is 16.8 Å². The summed E-state index contributed by atoms with van der Waals surface area (Å²) in [6.07, 6.45) is 0. The minimum absolute atomic E-state index is 0. The minimum atomic E-state index is -0.605. The zero-order valence-electron chi connectivity index (χ0n) is 16.8. The van der Waals surface area contributed by atoms with Gasteiger partial charge in [0, 0.05) is 24.2 Å². The van der Waals surface area contributed by atoms with E-state index in [1.54, 1.807) is 12.1 Å². The molecule has 0 fully saturated rings. The normalized spacial score (nSPS) is 10.8. The largest absolute Gasteiger partial charge is 0.494 e. The number of methoxy groups -OCH3 is 1. The first-order chi connectivity index (χ1) is 14.2. The fourth-order valence-electron chi connectivity index (χ4n) is 2.79. The number of nitro groups is 1. The smallest absolute Gasteiger partial charge is 0.282 e. The average Bonchev–Trinajstić information content (AvgIpc) is 3.13. The Bertz CT molecular complexity index is 1120. The van der Waals surface area contributed by atoms with E-state index in [0.717, 1.165) is 0 Å². The van der Waals surface area contributed by atoms with Crippen LogP contribution in [0.15, 0.2) is 30.3 Å². The molecule has 0 saturated heterocycles. The van der Waals surface area contributed by atoms with Gasteiger partial charge in [-0.3, -0.25) is 19.8 Å². The number of amides is 1. The van der Waals surface area contributed by atoms with Gasteiger partial charge in [-0.25, -0.2) is 4.98 Å². The number of likely N-dealkylation sites (N-methyl/N-ethyl adjacent to an activating group) is 1. The fourth-order valence-corrected chi connectivity index (χ4v) is 4.24. The quantitative estimate of drug-likeness (QED) is 0.326. The molecule has 3 rings (SSSR count). The number of ether oxygens (including phenoxy) is 1. The van der Waals surface area contributed by atoms with Crippen molar-refractivity contribution in [2.45, 2.75) is 0 Å². The summed E-state index contributed by atoms with van der Waals surface area (Å²) in [4.78, 5) is 32.1. The number of hydrogen-bond donors (Lipinski definition) is 0. The maximum absolute atomic E-state index is 13.4. The number of halogens is 3. The molecule has 0 aliphatic carbocycles. The standard InChI is InChI=1S/C19H18Cl2N4O4S.ClH/c1-23(2)8-9-24(18(26)12-10-11(20)4-6-14(12)25(27)28)19-22-16-15(29-3)7-5-13(21)17(16)30-19;/h4-7,10H,8-9H2,1-3H3;1H. The van der Waals surface area contributed by atoms with Crippen LogP contribution in [0.3, 0.4) is 0 Å². The van der Waals surface area contributed by atoms with Crippen LogP contribution in [0.2, 0.25) is 10.0 Å². The monoisotopic (exact) mass is 504 g/mol. The molecule has 0 spiro atoms. The molecule has 0 atom stereocenters. The van der Waals surface area contributed by atoms with Gasteiger partial charge in [-0.15, -0.1) is 12.4 Å². The Kier molecular flexibility index (Phi) is 8.44. The molecule has 12 heteroatoms. The second-order valence-corrected chi connectivity index (χ2v) is 8.42. The van der Waals surface area contributed by atoms with Crippen LogP contribution in [-0.2, 0) is 0 Å². The third-order valence-corrected chi connectivity index (χ3v) is 6.07. The molecule has 0 saturated carbocycles. The first-order valence-electron chi connectivity index (χ1n) is 8.76. The molecule has 1 amide bonds. The van der Waals surface area contributed by atoms with Crippen LogP contribution in [0.5, 0.6) is 5.75 Å². The van der Waals surface area contributed by atoms with Crippen molar-refractivity contribution >= 4 is 73.9 Å². The van der Waals surface area contributed by atoms with Gasteiger partial charge in [-0.05, 0) is 38.4 Å². The van der Waals surface area contributed by atoms with Crippen LogP contribution in [-0.4, -0.2) is 55.0 Å². The lowest BCUT2D eigenvalue weighted by molar-refractivity contribution is -0.385. The summed E-state index contributed by atoms with van der Waals surface area (Å²) < 4.78 is 6.01. The molecule has 8 nitrogen and oxygen atoms in total. The predicted molar refractivity (Wildman–Crippen MR) is 127 cm³/mol. The number of nitrogens with zero attached hydrogens (tertiary/aromatic N) is 4. The number of nitro benzene ring substituents is 1. The van der Waals surface area contributed by atoms with Gasteiger partial charge >= 0.3 is 0 Å². The van der Waals surface area contributed by atoms with Crippen molar-refractivity contribution in [3.05, 3.63) is 56.1 Å². The highest BCUT2D eigenvalue weighted by Crippen LogP contribution is 2.39. The lowest BCUT2D eigenvalue weighted by Gasteiger charge is -2.22. The Morgan fingerprint density at radius 2 is 1.94 bits per heavy atom. The number of carbonyl (C=O) groups is 1. The van der Waals surface area contributed by atoms with Crippen molar-refractivity contribution in [2.24, 2.45) is 0 Å². The van der Waals surface area contributed by atoms with Crippen LogP contribution >= 0.6 is 46.9 Å². The Morgan fingerprint density at radius 1 is 1.23 bits per heavy atom. The highest BCUT2D eigenvalue weighted by molar-refractivity contribution is 7.23. The molecule has 0 bridgehead atoms. The summed E-state index contributed by atoms with van der Waals surface area (Å²) in [7, 11) is 5.25. The lowest BCUT2D eigenvalue weighted by atomic mass is 10.1. The number of rotatable bonds is 7. The molecule has 3 aromatic rings. The number of anilines is 1. The van der Waals surface area contributed by atoms with E-state index in [9.17, 15) is 14.9 Å². The number of benzene rings is 2. The molecule has 1 aromatic heterocycles. The molecule has 0 unspecified atom stereocenters. The molecule has 0 aliphatic rings. The van der Waals surface area contributed by atoms with E-state index in [1.165, 1.54) is 41.5 Å². The summed E-state index contributed by atoms with van der Waals surface area (Å²) >= 11 is 13.5. The van der Waals surface area contributed by atoms with E-state index in [4.69, 9.17) is 27.9 Å². The topological polar surface area (TPSA) is 88.8 Å². The molecule has 166 valence electrons. The predicted octanol–water partition coefficient (Wildman–Crippen LogP) is 5.15. The molecule has 1 heterocycles. The summed E-state index contributed by atoms with van der Waals surface area (Å²) in [5.74, 6) is -0.0501. The SMILES string of the molecule is COc1ccc(Cl)c2sc(N(CCN(C)C)C(=O)c3cc(Cl)ccc3[N+](=O)[O-])nc12.Cl. The molecular formula is C19H19Cl3N4O4S. The van der Waals surface area contributed by atoms with Crippen LogP contribution in [0.4, 0.5) is 10.8 Å². The maximum atomic E-state index is 13.4. The zero-order chi connectivity index (χ0) is 22.0. The number of aromatic nitrogens is 1. The van der Waals surface area contributed by atoms with Crippen LogP contribution in [0, 0.1) is 10.1 Å². The van der Waals surface area contributed by atoms with Crippen molar-refractivity contribution in [1.82, 2.24) is 9.88 Å². The lowest BCUT2D eigenvalue weighted by Crippen LogP contribution is -2.37. The van der Waals surface area contributed by atoms with Gasteiger partial charge in [0.05, 0.1) is 21.8 Å². The molecule has 0 radical (unpaired) electrons. The second-order valence-electron chi connectivity index (χ2n) is 6.60. The number of carbonyl (C=O) groups excluding carboxylic acids is 1. The van der Waals surface area contributed by atoms with Crippen molar-refractivity contribution in [3.63, 3.8) is 0 Å². The van der Waals surface area contributed by atoms with Crippen molar-refractivity contribution in [3.8, 4) is 5.75 Å². The van der Waals surface area contributed by atoms with E-state index >= 15 is 0 Å². The Morgan fingerprint density at radius 3 is 2.55 bits per heavy atom. The molecule has 31 heavy (non-hydrogen) atoms. The first-order valence-corrected chi connectivity index (χ1v) is 10.3. The zero-order valence-corrected chi connectivity index (χ0v) is 19.9. The maximum Gasteiger partial charge on any atom is 0.282 e. The van der Waals surface area contributed by atoms with Crippen LogP contribution < -0.4 is 9.64 Å². The molecule has 0 N–H and O–H groups in total. The fraction of sp³-hybridized carbons (Fsp3) is 0.263. The highest BCUT2D eigenvalue weighted by Gasteiger charge is 2.28. The van der Waals surface area contributed by atoms with E-state index in [0.29, 0.717) is 32.7 Å². The Labute approximate surface area is 198 Å². The van der Waals surface area contributed by atoms with Gasteiger partial charge in [0.25, 0.3) is 11.6 Å². The average molecular weight is 506 g/mol. The van der Waals surface area contributed by atoms with Gasteiger partial charge in [-0.2, -0.15) is 0 Å². The highest BCUT2D eigenvalue weighted by atomic mass is 35.5. The number of fused-ring (bicyclic) bond motifs is 1. The van der Waals surface area contributed by atoms with E-state index in [-0.39, 0.29) is 35.2 Å². The van der Waals surface area contributed by atoms with E-state index < -0.39 is 10.8 Å². The van der Waals surface area contributed by atoms with Crippen LogP contribution in [0.1, 0.15) is 10.4 Å². The van der Waals surface area contributed by atoms with E-state index in [1.807, 2.05) is 19.0 Å². The van der Waals surface area contributed by atoms with Gasteiger partial charge in [0.15, 0.2) is 5.13 Å². The summed E-state index contributed by atoms with van der Waals surface area (Å²) in [5, 5.41) is 12.5. The van der Waals surface area contributed by atoms with Crippen molar-refractivity contribution in [2.75, 3.05) is 39.2 Å². The first kappa shape index (κ1) is 25.1. The Hall–Kier alpha value is -2.17. The molecular weight excluding hydrogens is 487 g/mol. The summed E-state index contributed by atoms with van der Waals surface area (Å²) in [6.45, 7) is 0.774. The van der Waals surface area contributed by atoms with Crippen molar-refractivity contribution < 1.29 is 14.5 Å². The number of thiazole rings is 1. The molecule has 2 aromatic carbocycles. The van der Waals surface area contributed by atoms with Gasteiger partial charge < -0.3 is 9.64 Å². The minimum Gasteiger partial charge on any atom is -0.494 e. The Balaban J connectivity index is 0.00000341. The third-order valence-electron chi connectivity index (χ3n) is 4.30. The summed E-state index contributed by atoms with van der Waals surface area (Å²) in [6, 6.07) is 7.28.